The Hall–Kier alpha value is -0.340. The molecule has 3 N–H and O–H groups in total. The lowest BCUT2D eigenvalue weighted by molar-refractivity contribution is 0.512. The van der Waals surface area contributed by atoms with Gasteiger partial charge in [0.1, 0.15) is 0 Å². The van der Waals surface area contributed by atoms with E-state index in [4.69, 9.17) is 5.73 Å². The summed E-state index contributed by atoms with van der Waals surface area (Å²) < 4.78 is 0. The Kier molecular flexibility index (Phi) is 53.9. The number of hydrogen-bond donors (Lipinski definition) is 2. The molecule has 0 rings (SSSR count). The predicted molar refractivity (Wildman–Crippen MR) is 228 cm³/mol. The van der Waals surface area contributed by atoms with E-state index in [-0.39, 0.29) is 0 Å². The summed E-state index contributed by atoms with van der Waals surface area (Å²) in [5, 5.41) is 3.70. The minimum atomic E-state index is 0.583. The highest BCUT2D eigenvalue weighted by Crippen LogP contribution is 2.16. The van der Waals surface area contributed by atoms with Crippen LogP contribution in [0.4, 0.5) is 0 Å². The second-order valence-corrected chi connectivity index (χ2v) is 15.7. The van der Waals surface area contributed by atoms with Crippen LogP contribution in [0.25, 0.3) is 0 Å². The molecule has 0 bridgehead atoms. The van der Waals surface area contributed by atoms with Gasteiger partial charge in [-0.25, -0.2) is 0 Å². The van der Waals surface area contributed by atoms with Gasteiger partial charge in [0.2, 0.25) is 0 Å². The Bertz CT molecular complexity index is 490. The number of rotatable bonds is 43. The first-order valence-corrected chi connectivity index (χ1v) is 23.3. The molecular weight excluding hydrogens is 593 g/mol. The van der Waals surface area contributed by atoms with Crippen molar-refractivity contribution < 1.29 is 0 Å². The molecule has 0 radical (unpaired) electrons. The van der Waals surface area contributed by atoms with Crippen molar-refractivity contribution in [3.05, 3.63) is 12.7 Å². The number of nitrogens with two attached hydrogens (primary N) is 1. The normalized spacial score (nSPS) is 11.2. The Morgan fingerprint density at radius 2 is 0.449 bits per heavy atom. The van der Waals surface area contributed by atoms with E-state index < -0.39 is 0 Å². The second-order valence-electron chi connectivity index (χ2n) is 15.7. The van der Waals surface area contributed by atoms with Gasteiger partial charge in [-0.2, -0.15) is 0 Å². The lowest BCUT2D eigenvalue weighted by Gasteiger charge is -2.06. The van der Waals surface area contributed by atoms with Gasteiger partial charge < -0.3 is 11.1 Å². The molecule has 0 heterocycles. The number of hydrogen-bond acceptors (Lipinski definition) is 2. The van der Waals surface area contributed by atoms with Crippen molar-refractivity contribution in [2.24, 2.45) is 5.73 Å². The molecule has 0 saturated carbocycles. The molecule has 2 heteroatoms. The van der Waals surface area contributed by atoms with Crippen LogP contribution in [-0.2, 0) is 0 Å². The first-order chi connectivity index (χ1) is 24.3. The molecule has 0 aromatic carbocycles. The Morgan fingerprint density at radius 1 is 0.306 bits per heavy atom. The van der Waals surface area contributed by atoms with E-state index in [1.165, 1.54) is 270 Å². The predicted octanol–water partition coefficient (Wildman–Crippen LogP) is 16.4. The largest absolute Gasteiger partial charge is 0.327 e. The van der Waals surface area contributed by atoms with Crippen molar-refractivity contribution in [1.82, 2.24) is 5.32 Å². The third kappa shape index (κ3) is 54.6. The average molecular weight is 691 g/mol. The Labute approximate surface area is 313 Å². The number of unbranched alkanes of at least 4 members (excludes halogenated alkanes) is 38. The van der Waals surface area contributed by atoms with E-state index in [9.17, 15) is 0 Å². The Balaban J connectivity index is 0. The van der Waals surface area contributed by atoms with Gasteiger partial charge in [-0.3, -0.25) is 0 Å². The summed E-state index contributed by atoms with van der Waals surface area (Å²) in [5.74, 6) is 0. The van der Waals surface area contributed by atoms with Crippen LogP contribution in [-0.4, -0.2) is 19.6 Å². The van der Waals surface area contributed by atoms with E-state index in [0.29, 0.717) is 6.54 Å². The van der Waals surface area contributed by atoms with E-state index in [1.807, 2.05) is 0 Å². The minimum Gasteiger partial charge on any atom is -0.327 e. The average Bonchev–Trinajstić information content (AvgIpc) is 3.12. The maximum atomic E-state index is 4.91. The monoisotopic (exact) mass is 691 g/mol. The summed E-state index contributed by atoms with van der Waals surface area (Å²) >= 11 is 0. The zero-order chi connectivity index (χ0) is 35.8. The summed E-state index contributed by atoms with van der Waals surface area (Å²) in [6, 6.07) is 0. The van der Waals surface area contributed by atoms with E-state index >= 15 is 0 Å². The lowest BCUT2D eigenvalue weighted by atomic mass is 10.0. The van der Waals surface area contributed by atoms with Gasteiger partial charge in [0.15, 0.2) is 0 Å². The van der Waals surface area contributed by atoms with Gasteiger partial charge in [0.05, 0.1) is 0 Å². The van der Waals surface area contributed by atoms with Crippen molar-refractivity contribution in [1.29, 1.82) is 0 Å². The molecule has 0 saturated heterocycles. The first-order valence-electron chi connectivity index (χ1n) is 23.3. The molecule has 0 aromatic heterocycles. The van der Waals surface area contributed by atoms with E-state index in [2.05, 4.69) is 25.7 Å². The molecule has 296 valence electrons. The summed E-state index contributed by atoms with van der Waals surface area (Å²) in [6.07, 6.45) is 60.3. The molecule has 2 nitrogen and oxygen atoms in total. The van der Waals surface area contributed by atoms with Crippen LogP contribution in [0.2, 0.25) is 0 Å². The molecular formula is C47H98N2. The molecule has 0 amide bonds. The van der Waals surface area contributed by atoms with E-state index in [0.717, 1.165) is 0 Å². The molecule has 0 aliphatic heterocycles. The first kappa shape index (κ1) is 50.8. The molecule has 0 aliphatic carbocycles. The van der Waals surface area contributed by atoms with Crippen LogP contribution >= 0.6 is 0 Å². The lowest BCUT2D eigenvalue weighted by Crippen LogP contribution is -2.16. The van der Waals surface area contributed by atoms with Crippen LogP contribution in [0.15, 0.2) is 12.7 Å². The van der Waals surface area contributed by atoms with Crippen molar-refractivity contribution in [2.45, 2.75) is 271 Å². The van der Waals surface area contributed by atoms with Crippen molar-refractivity contribution in [2.75, 3.05) is 19.6 Å². The quantitative estimate of drug-likeness (QED) is 0.0494. The van der Waals surface area contributed by atoms with Gasteiger partial charge in [0.25, 0.3) is 0 Å². The summed E-state index contributed by atoms with van der Waals surface area (Å²) in [7, 11) is 0. The fourth-order valence-electron chi connectivity index (χ4n) is 7.14. The van der Waals surface area contributed by atoms with Gasteiger partial charge in [-0.1, -0.05) is 264 Å². The Morgan fingerprint density at radius 3 is 0.592 bits per heavy atom. The van der Waals surface area contributed by atoms with Crippen LogP contribution in [0, 0.1) is 0 Å². The summed E-state index contributed by atoms with van der Waals surface area (Å²) in [5.41, 5.74) is 4.91. The molecule has 0 aromatic rings. The standard InChI is InChI=1S/C44H91N.C3H7N/c1-3-5-7-9-11-13-15-17-19-21-23-25-27-29-31-33-35-37-39-41-43-45-44-42-40-38-36-34-32-30-28-26-24-22-20-18-16-14-12-10-8-6-4-2;1-2-3-4/h45H,3-44H2,1-2H3;2H,1,3-4H2. The van der Waals surface area contributed by atoms with Gasteiger partial charge >= 0.3 is 0 Å². The summed E-state index contributed by atoms with van der Waals surface area (Å²) in [6.45, 7) is 11.1. The molecule has 0 spiro atoms. The van der Waals surface area contributed by atoms with Crippen LogP contribution in [0.5, 0.6) is 0 Å². The van der Waals surface area contributed by atoms with Crippen LogP contribution in [0.3, 0.4) is 0 Å². The highest BCUT2D eigenvalue weighted by atomic mass is 14.8. The number of nitrogens with one attached hydrogen (secondary N) is 1. The SMILES string of the molecule is C=CCN.CCCCCCCCCCCCCCCCCCCCCCNCCCCCCCCCCCCCCCCCCCCCC. The topological polar surface area (TPSA) is 38.0 Å². The molecule has 0 aliphatic rings. The van der Waals surface area contributed by atoms with Gasteiger partial charge in [-0.15, -0.1) is 6.58 Å². The smallest absolute Gasteiger partial charge is 0.0104 e. The van der Waals surface area contributed by atoms with Crippen LogP contribution < -0.4 is 11.1 Å². The van der Waals surface area contributed by atoms with Crippen molar-refractivity contribution in [3.63, 3.8) is 0 Å². The third-order valence-corrected chi connectivity index (χ3v) is 10.6. The molecule has 49 heavy (non-hydrogen) atoms. The maximum absolute atomic E-state index is 4.91. The highest BCUT2D eigenvalue weighted by molar-refractivity contribution is 4.64. The molecule has 0 atom stereocenters. The highest BCUT2D eigenvalue weighted by Gasteiger charge is 1.98. The van der Waals surface area contributed by atoms with E-state index in [1.54, 1.807) is 6.08 Å². The van der Waals surface area contributed by atoms with Gasteiger partial charge in [0, 0.05) is 6.54 Å². The van der Waals surface area contributed by atoms with Gasteiger partial charge in [-0.05, 0) is 25.9 Å². The molecule has 0 unspecified atom stereocenters. The fraction of sp³-hybridized carbons (Fsp3) is 0.957. The van der Waals surface area contributed by atoms with Crippen molar-refractivity contribution in [3.8, 4) is 0 Å². The van der Waals surface area contributed by atoms with Crippen molar-refractivity contribution >= 4 is 0 Å². The third-order valence-electron chi connectivity index (χ3n) is 10.6. The fourth-order valence-corrected chi connectivity index (χ4v) is 7.14. The maximum Gasteiger partial charge on any atom is 0.0104 e. The minimum absolute atomic E-state index is 0.583. The summed E-state index contributed by atoms with van der Waals surface area (Å²) in [4.78, 5) is 0. The zero-order valence-corrected chi connectivity index (χ0v) is 34.8. The second kappa shape index (κ2) is 52.0. The molecule has 0 fully saturated rings. The van der Waals surface area contributed by atoms with Crippen LogP contribution in [0.1, 0.15) is 271 Å². The zero-order valence-electron chi connectivity index (χ0n) is 34.8.